The molecule has 168 valence electrons. The summed E-state index contributed by atoms with van der Waals surface area (Å²) in [4.78, 5) is 2.53. The normalized spacial score (nSPS) is 14.9. The van der Waals surface area contributed by atoms with Gasteiger partial charge in [0, 0.05) is 19.1 Å². The number of hydrogen-bond donors (Lipinski definition) is 1. The molecular formula is C27H31ClN2O2. The summed E-state index contributed by atoms with van der Waals surface area (Å²) in [5.74, 6) is 1.26. The Morgan fingerprint density at radius 1 is 0.906 bits per heavy atom. The molecule has 0 bridgehead atoms. The Bertz CT molecular complexity index is 974. The lowest BCUT2D eigenvalue weighted by Gasteiger charge is -2.32. The molecule has 1 heterocycles. The van der Waals surface area contributed by atoms with Gasteiger partial charge in [-0.1, -0.05) is 72.3 Å². The van der Waals surface area contributed by atoms with Gasteiger partial charge in [0.25, 0.3) is 0 Å². The van der Waals surface area contributed by atoms with Crippen molar-refractivity contribution in [2.24, 2.45) is 0 Å². The second kappa shape index (κ2) is 11.4. The van der Waals surface area contributed by atoms with Crippen molar-refractivity contribution < 1.29 is 9.47 Å². The van der Waals surface area contributed by atoms with Crippen LogP contribution in [-0.2, 0) is 19.7 Å². The van der Waals surface area contributed by atoms with Crippen LogP contribution < -0.4 is 14.8 Å². The van der Waals surface area contributed by atoms with Crippen molar-refractivity contribution in [1.29, 1.82) is 0 Å². The zero-order chi connectivity index (χ0) is 22.2. The highest BCUT2D eigenvalue weighted by atomic mass is 35.5. The van der Waals surface area contributed by atoms with E-state index in [1.165, 1.54) is 5.56 Å². The lowest BCUT2D eigenvalue weighted by Crippen LogP contribution is -2.41. The molecule has 1 aliphatic heterocycles. The number of ether oxygens (including phenoxy) is 2. The van der Waals surface area contributed by atoms with E-state index in [1.54, 1.807) is 7.11 Å². The van der Waals surface area contributed by atoms with Crippen LogP contribution in [0.4, 0.5) is 0 Å². The highest BCUT2D eigenvalue weighted by Gasteiger charge is 2.19. The molecule has 1 aliphatic rings. The van der Waals surface area contributed by atoms with Crippen molar-refractivity contribution in [1.82, 2.24) is 10.2 Å². The molecule has 4 rings (SSSR count). The van der Waals surface area contributed by atoms with Crippen LogP contribution >= 0.6 is 11.6 Å². The second-order valence-corrected chi connectivity index (χ2v) is 8.71. The number of piperidine rings is 1. The van der Waals surface area contributed by atoms with Crippen LogP contribution in [0.5, 0.6) is 11.5 Å². The Morgan fingerprint density at radius 2 is 1.56 bits per heavy atom. The Labute approximate surface area is 196 Å². The minimum atomic E-state index is 0.454. The molecule has 4 nitrogen and oxygen atoms in total. The van der Waals surface area contributed by atoms with E-state index in [0.717, 1.165) is 50.1 Å². The predicted molar refractivity (Wildman–Crippen MR) is 130 cm³/mol. The Morgan fingerprint density at radius 3 is 2.22 bits per heavy atom. The van der Waals surface area contributed by atoms with Crippen molar-refractivity contribution in [3.8, 4) is 11.5 Å². The van der Waals surface area contributed by atoms with Crippen molar-refractivity contribution in [2.75, 3.05) is 20.2 Å². The number of halogens is 1. The fourth-order valence-corrected chi connectivity index (χ4v) is 4.43. The standard InChI is InChI=1S/C27H31ClN2O2/c1-31-26-17-23(16-25(28)27(26)32-20-22-10-6-3-7-11-22)18-29-24-12-14-30(15-13-24)19-21-8-4-2-5-9-21/h2-11,16-17,24,29H,12-15,18-20H2,1H3. The van der Waals surface area contributed by atoms with Crippen LogP contribution in [0, 0.1) is 0 Å². The van der Waals surface area contributed by atoms with Crippen molar-refractivity contribution in [3.63, 3.8) is 0 Å². The molecule has 0 saturated carbocycles. The summed E-state index contributed by atoms with van der Waals surface area (Å²) in [6, 6.07) is 25.3. The van der Waals surface area contributed by atoms with Gasteiger partial charge in [-0.2, -0.15) is 0 Å². The SMILES string of the molecule is COc1cc(CNC2CCN(Cc3ccccc3)CC2)cc(Cl)c1OCc1ccccc1. The van der Waals surface area contributed by atoms with Gasteiger partial charge in [0.1, 0.15) is 6.61 Å². The van der Waals surface area contributed by atoms with Gasteiger partial charge in [-0.15, -0.1) is 0 Å². The van der Waals surface area contributed by atoms with Crippen molar-refractivity contribution in [2.45, 2.75) is 38.6 Å². The summed E-state index contributed by atoms with van der Waals surface area (Å²) in [6.07, 6.45) is 2.30. The van der Waals surface area contributed by atoms with Gasteiger partial charge >= 0.3 is 0 Å². The maximum Gasteiger partial charge on any atom is 0.180 e. The van der Waals surface area contributed by atoms with E-state index in [1.807, 2.05) is 42.5 Å². The monoisotopic (exact) mass is 450 g/mol. The average molecular weight is 451 g/mol. The minimum absolute atomic E-state index is 0.454. The molecule has 0 aliphatic carbocycles. The van der Waals surface area contributed by atoms with E-state index in [0.29, 0.717) is 29.2 Å². The number of nitrogens with one attached hydrogen (secondary N) is 1. The van der Waals surface area contributed by atoms with Crippen LogP contribution in [0.25, 0.3) is 0 Å². The molecule has 3 aromatic rings. The Balaban J connectivity index is 1.28. The molecule has 1 N–H and O–H groups in total. The minimum Gasteiger partial charge on any atom is -0.493 e. The number of likely N-dealkylation sites (tertiary alicyclic amines) is 1. The lowest BCUT2D eigenvalue weighted by atomic mass is 10.0. The summed E-state index contributed by atoms with van der Waals surface area (Å²) in [6.45, 7) is 4.48. The molecule has 0 aromatic heterocycles. The summed E-state index contributed by atoms with van der Waals surface area (Å²) in [5, 5.41) is 4.27. The van der Waals surface area contributed by atoms with E-state index in [2.05, 4.69) is 40.5 Å². The van der Waals surface area contributed by atoms with Crippen LogP contribution in [-0.4, -0.2) is 31.1 Å². The average Bonchev–Trinajstić information content (AvgIpc) is 2.84. The lowest BCUT2D eigenvalue weighted by molar-refractivity contribution is 0.190. The van der Waals surface area contributed by atoms with Crippen LogP contribution in [0.2, 0.25) is 5.02 Å². The molecule has 1 fully saturated rings. The first-order valence-corrected chi connectivity index (χ1v) is 11.6. The van der Waals surface area contributed by atoms with Gasteiger partial charge in [0.05, 0.1) is 12.1 Å². The topological polar surface area (TPSA) is 33.7 Å². The molecular weight excluding hydrogens is 420 g/mol. The summed E-state index contributed by atoms with van der Waals surface area (Å²) < 4.78 is 11.5. The Hall–Kier alpha value is -2.53. The smallest absolute Gasteiger partial charge is 0.180 e. The van der Waals surface area contributed by atoms with Crippen molar-refractivity contribution in [3.05, 3.63) is 94.5 Å². The zero-order valence-electron chi connectivity index (χ0n) is 18.6. The number of methoxy groups -OCH3 is 1. The highest BCUT2D eigenvalue weighted by molar-refractivity contribution is 6.32. The number of rotatable bonds is 9. The molecule has 3 aromatic carbocycles. The fraction of sp³-hybridized carbons (Fsp3) is 0.333. The largest absolute Gasteiger partial charge is 0.493 e. The van der Waals surface area contributed by atoms with E-state index < -0.39 is 0 Å². The molecule has 5 heteroatoms. The second-order valence-electron chi connectivity index (χ2n) is 8.30. The number of hydrogen-bond acceptors (Lipinski definition) is 4. The number of nitrogens with zero attached hydrogens (tertiary/aromatic N) is 1. The maximum atomic E-state index is 6.56. The van der Waals surface area contributed by atoms with Gasteiger partial charge in [0.15, 0.2) is 11.5 Å². The van der Waals surface area contributed by atoms with E-state index in [4.69, 9.17) is 21.1 Å². The summed E-state index contributed by atoms with van der Waals surface area (Å²) in [5.41, 5.74) is 3.58. The van der Waals surface area contributed by atoms with Gasteiger partial charge in [-0.05, 0) is 54.8 Å². The molecule has 0 amide bonds. The van der Waals surface area contributed by atoms with E-state index in [9.17, 15) is 0 Å². The molecule has 32 heavy (non-hydrogen) atoms. The third-order valence-corrected chi connectivity index (χ3v) is 6.23. The summed E-state index contributed by atoms with van der Waals surface area (Å²) >= 11 is 6.56. The molecule has 0 radical (unpaired) electrons. The molecule has 0 atom stereocenters. The summed E-state index contributed by atoms with van der Waals surface area (Å²) in [7, 11) is 1.65. The zero-order valence-corrected chi connectivity index (χ0v) is 19.4. The highest BCUT2D eigenvalue weighted by Crippen LogP contribution is 2.37. The van der Waals surface area contributed by atoms with Gasteiger partial charge < -0.3 is 14.8 Å². The van der Waals surface area contributed by atoms with Crippen LogP contribution in [0.1, 0.15) is 29.5 Å². The predicted octanol–water partition coefficient (Wildman–Crippen LogP) is 5.68. The molecule has 1 saturated heterocycles. The van der Waals surface area contributed by atoms with Gasteiger partial charge in [0.2, 0.25) is 0 Å². The first kappa shape index (κ1) is 22.7. The first-order chi connectivity index (χ1) is 15.7. The third-order valence-electron chi connectivity index (χ3n) is 5.95. The van der Waals surface area contributed by atoms with Gasteiger partial charge in [-0.25, -0.2) is 0 Å². The molecule has 0 spiro atoms. The molecule has 0 unspecified atom stereocenters. The van der Waals surface area contributed by atoms with E-state index in [-0.39, 0.29) is 0 Å². The van der Waals surface area contributed by atoms with Crippen LogP contribution in [0.3, 0.4) is 0 Å². The van der Waals surface area contributed by atoms with Crippen LogP contribution in [0.15, 0.2) is 72.8 Å². The number of benzene rings is 3. The third kappa shape index (κ3) is 6.26. The van der Waals surface area contributed by atoms with Crippen molar-refractivity contribution >= 4 is 11.6 Å². The van der Waals surface area contributed by atoms with Gasteiger partial charge in [-0.3, -0.25) is 4.90 Å². The maximum absolute atomic E-state index is 6.56. The quantitative estimate of drug-likeness (QED) is 0.454. The first-order valence-electron chi connectivity index (χ1n) is 11.2. The fourth-order valence-electron chi connectivity index (χ4n) is 4.14. The van der Waals surface area contributed by atoms with E-state index >= 15 is 0 Å². The Kier molecular flexibility index (Phi) is 8.05.